The van der Waals surface area contributed by atoms with E-state index in [-0.39, 0.29) is 11.9 Å². The summed E-state index contributed by atoms with van der Waals surface area (Å²) < 4.78 is 1.99. The lowest BCUT2D eigenvalue weighted by atomic mass is 10.1. The minimum atomic E-state index is -0.351. The van der Waals surface area contributed by atoms with Crippen molar-refractivity contribution in [3.63, 3.8) is 0 Å². The highest BCUT2D eigenvalue weighted by Gasteiger charge is 2.09. The highest BCUT2D eigenvalue weighted by molar-refractivity contribution is 7.15. The second-order valence-corrected chi connectivity index (χ2v) is 8.15. The number of thiazole rings is 1. The SMILES string of the molecule is O=C(Nc1ccccc1)Nc1ccc(C(=O)Nc2ccc(-c3cn4ccsc4n3)cc2)cc1. The molecule has 0 bridgehead atoms. The summed E-state index contributed by atoms with van der Waals surface area (Å²) in [4.78, 5) is 30.2. The standard InChI is InChI=1S/C25H19N5O2S/c31-23(18-8-12-21(13-9-18)28-24(32)27-19-4-2-1-3-5-19)26-20-10-6-17(7-11-20)22-16-30-14-15-33-25(30)29-22/h1-16H,(H,26,31)(H2,27,28,32). The number of nitrogens with one attached hydrogen (secondary N) is 3. The Bertz CT molecular complexity index is 1380. The van der Waals surface area contributed by atoms with Crippen molar-refractivity contribution in [2.24, 2.45) is 0 Å². The highest BCUT2D eigenvalue weighted by Crippen LogP contribution is 2.23. The third kappa shape index (κ3) is 4.76. The van der Waals surface area contributed by atoms with E-state index in [9.17, 15) is 9.59 Å². The molecule has 0 saturated heterocycles. The predicted molar refractivity (Wildman–Crippen MR) is 132 cm³/mol. The number of benzene rings is 3. The van der Waals surface area contributed by atoms with Gasteiger partial charge in [-0.25, -0.2) is 9.78 Å². The van der Waals surface area contributed by atoms with Crippen molar-refractivity contribution in [2.75, 3.05) is 16.0 Å². The molecule has 0 spiro atoms. The number of hydrogen-bond acceptors (Lipinski definition) is 4. The highest BCUT2D eigenvalue weighted by atomic mass is 32.1. The Morgan fingerprint density at radius 3 is 2.09 bits per heavy atom. The molecular weight excluding hydrogens is 434 g/mol. The van der Waals surface area contributed by atoms with Gasteiger partial charge in [0.1, 0.15) is 0 Å². The molecular formula is C25H19N5O2S. The quantitative estimate of drug-likeness (QED) is 0.307. The van der Waals surface area contributed by atoms with E-state index in [0.29, 0.717) is 22.6 Å². The van der Waals surface area contributed by atoms with Crippen LogP contribution in [0.5, 0.6) is 0 Å². The molecule has 3 amide bonds. The molecule has 2 heterocycles. The summed E-state index contributed by atoms with van der Waals surface area (Å²) in [6.07, 6.45) is 3.96. The van der Waals surface area contributed by atoms with Crippen molar-refractivity contribution in [3.05, 3.63) is 102 Å². The van der Waals surface area contributed by atoms with Crippen molar-refractivity contribution in [1.29, 1.82) is 0 Å². The number of para-hydroxylation sites is 1. The number of anilines is 3. The molecule has 0 aliphatic heterocycles. The maximum Gasteiger partial charge on any atom is 0.323 e. The van der Waals surface area contributed by atoms with Gasteiger partial charge in [-0.1, -0.05) is 30.3 Å². The van der Waals surface area contributed by atoms with Crippen molar-refractivity contribution in [3.8, 4) is 11.3 Å². The Morgan fingerprint density at radius 2 is 1.39 bits per heavy atom. The molecule has 2 aromatic heterocycles. The van der Waals surface area contributed by atoms with Gasteiger partial charge >= 0.3 is 6.03 Å². The molecule has 5 aromatic rings. The summed E-state index contributed by atoms with van der Waals surface area (Å²) in [5, 5.41) is 10.4. The molecule has 0 radical (unpaired) electrons. The number of rotatable bonds is 5. The maximum absolute atomic E-state index is 12.6. The van der Waals surface area contributed by atoms with Crippen LogP contribution < -0.4 is 16.0 Å². The fraction of sp³-hybridized carbons (Fsp3) is 0. The van der Waals surface area contributed by atoms with E-state index >= 15 is 0 Å². The average Bonchev–Trinajstić information content (AvgIpc) is 3.43. The third-order valence-electron chi connectivity index (χ3n) is 4.97. The molecule has 0 atom stereocenters. The van der Waals surface area contributed by atoms with E-state index in [1.54, 1.807) is 47.7 Å². The normalized spacial score (nSPS) is 10.7. The van der Waals surface area contributed by atoms with E-state index in [1.807, 2.05) is 64.6 Å². The zero-order chi connectivity index (χ0) is 22.6. The summed E-state index contributed by atoms with van der Waals surface area (Å²) in [5.74, 6) is -0.231. The van der Waals surface area contributed by atoms with Gasteiger partial charge in [-0.05, 0) is 48.5 Å². The average molecular weight is 454 g/mol. The number of carbonyl (C=O) groups excluding carboxylic acids is 2. The van der Waals surface area contributed by atoms with E-state index in [1.165, 1.54) is 0 Å². The molecule has 0 saturated carbocycles. The number of aromatic nitrogens is 2. The monoisotopic (exact) mass is 453 g/mol. The van der Waals surface area contributed by atoms with Crippen LogP contribution in [0, 0.1) is 0 Å². The van der Waals surface area contributed by atoms with Crippen LogP contribution in [-0.2, 0) is 0 Å². The number of urea groups is 1. The second kappa shape index (κ2) is 8.97. The topological polar surface area (TPSA) is 87.5 Å². The number of hydrogen-bond donors (Lipinski definition) is 3. The fourth-order valence-electron chi connectivity index (χ4n) is 3.31. The third-order valence-corrected chi connectivity index (χ3v) is 5.74. The Hall–Kier alpha value is -4.43. The zero-order valence-corrected chi connectivity index (χ0v) is 18.2. The molecule has 0 aliphatic rings. The molecule has 7 nitrogen and oxygen atoms in total. The van der Waals surface area contributed by atoms with Gasteiger partial charge in [0.05, 0.1) is 5.69 Å². The van der Waals surface area contributed by atoms with Crippen molar-refractivity contribution in [2.45, 2.75) is 0 Å². The van der Waals surface area contributed by atoms with Crippen molar-refractivity contribution in [1.82, 2.24) is 9.38 Å². The minimum Gasteiger partial charge on any atom is -0.322 e. The van der Waals surface area contributed by atoms with Crippen LogP contribution in [-0.4, -0.2) is 21.3 Å². The summed E-state index contributed by atoms with van der Waals surface area (Å²) in [6, 6.07) is 23.1. The Labute approximate surface area is 193 Å². The van der Waals surface area contributed by atoms with Gasteiger partial charge in [0.2, 0.25) is 0 Å². The summed E-state index contributed by atoms with van der Waals surface area (Å²) in [6.45, 7) is 0. The summed E-state index contributed by atoms with van der Waals surface area (Å²) >= 11 is 1.58. The Balaban J connectivity index is 1.19. The van der Waals surface area contributed by atoms with Crippen molar-refractivity contribution >= 4 is 45.3 Å². The lowest BCUT2D eigenvalue weighted by Crippen LogP contribution is -2.19. The minimum absolute atomic E-state index is 0.231. The predicted octanol–water partition coefficient (Wildman–Crippen LogP) is 5.96. The first-order valence-corrected chi connectivity index (χ1v) is 11.1. The first-order chi connectivity index (χ1) is 16.1. The molecule has 0 fully saturated rings. The molecule has 162 valence electrons. The van der Waals surface area contributed by atoms with Crippen LogP contribution in [0.1, 0.15) is 10.4 Å². The molecule has 33 heavy (non-hydrogen) atoms. The molecule has 8 heteroatoms. The number of amides is 3. The van der Waals surface area contributed by atoms with Gasteiger partial charge in [-0.15, -0.1) is 11.3 Å². The number of fused-ring (bicyclic) bond motifs is 1. The van der Waals surface area contributed by atoms with Crippen LogP contribution in [0.3, 0.4) is 0 Å². The molecule has 0 aliphatic carbocycles. The number of imidazole rings is 1. The van der Waals surface area contributed by atoms with Crippen LogP contribution in [0.2, 0.25) is 0 Å². The molecule has 5 rings (SSSR count). The summed E-state index contributed by atoms with van der Waals surface area (Å²) in [7, 11) is 0. The molecule has 3 aromatic carbocycles. The van der Waals surface area contributed by atoms with Gasteiger partial charge in [0, 0.05) is 46.0 Å². The molecule has 0 unspecified atom stereocenters. The first-order valence-electron chi connectivity index (χ1n) is 10.2. The van der Waals surface area contributed by atoms with Gasteiger partial charge in [-0.2, -0.15) is 0 Å². The number of carbonyl (C=O) groups is 2. The van der Waals surface area contributed by atoms with Crippen LogP contribution >= 0.6 is 11.3 Å². The maximum atomic E-state index is 12.6. The van der Waals surface area contributed by atoms with Gasteiger partial charge in [0.25, 0.3) is 5.91 Å². The second-order valence-electron chi connectivity index (χ2n) is 7.27. The van der Waals surface area contributed by atoms with E-state index in [4.69, 9.17) is 0 Å². The van der Waals surface area contributed by atoms with E-state index in [2.05, 4.69) is 20.9 Å². The first kappa shape index (κ1) is 20.5. The molecule has 3 N–H and O–H groups in total. The summed E-state index contributed by atoms with van der Waals surface area (Å²) in [5.41, 5.74) is 4.33. The van der Waals surface area contributed by atoms with E-state index in [0.717, 1.165) is 16.2 Å². The lowest BCUT2D eigenvalue weighted by molar-refractivity contribution is 0.102. The van der Waals surface area contributed by atoms with Gasteiger partial charge in [-0.3, -0.25) is 9.20 Å². The largest absolute Gasteiger partial charge is 0.323 e. The smallest absolute Gasteiger partial charge is 0.322 e. The van der Waals surface area contributed by atoms with Crippen LogP contribution in [0.4, 0.5) is 21.9 Å². The fourth-order valence-corrected chi connectivity index (χ4v) is 4.01. The zero-order valence-electron chi connectivity index (χ0n) is 17.4. The van der Waals surface area contributed by atoms with Gasteiger partial charge in [0.15, 0.2) is 4.96 Å². The Morgan fingerprint density at radius 1 is 0.758 bits per heavy atom. The van der Waals surface area contributed by atoms with Gasteiger partial charge < -0.3 is 16.0 Å². The Kier molecular flexibility index (Phi) is 5.57. The number of nitrogens with zero attached hydrogens (tertiary/aromatic N) is 2. The van der Waals surface area contributed by atoms with Crippen LogP contribution in [0.25, 0.3) is 16.2 Å². The lowest BCUT2D eigenvalue weighted by Gasteiger charge is -2.09. The van der Waals surface area contributed by atoms with Crippen LogP contribution in [0.15, 0.2) is 96.6 Å². The van der Waals surface area contributed by atoms with E-state index < -0.39 is 0 Å². The van der Waals surface area contributed by atoms with Crippen molar-refractivity contribution < 1.29 is 9.59 Å².